The predicted octanol–water partition coefficient (Wildman–Crippen LogP) is 2.25. The first-order valence-electron chi connectivity index (χ1n) is 9.79. The minimum absolute atomic E-state index is 0.0114. The van der Waals surface area contributed by atoms with Gasteiger partial charge < -0.3 is 9.64 Å². The molecule has 0 amide bonds. The highest BCUT2D eigenvalue weighted by molar-refractivity contribution is 5.35. The molecular weight excluding hydrogens is 340 g/mol. The van der Waals surface area contributed by atoms with E-state index < -0.39 is 0 Å². The lowest BCUT2D eigenvalue weighted by molar-refractivity contribution is -0.00576. The predicted molar refractivity (Wildman–Crippen MR) is 106 cm³/mol. The van der Waals surface area contributed by atoms with Gasteiger partial charge in [0.15, 0.2) is 0 Å². The smallest absolute Gasteiger partial charge is 0.255 e. The number of nitrogens with zero attached hydrogens (tertiary/aromatic N) is 3. The zero-order valence-electron chi connectivity index (χ0n) is 16.4. The zero-order valence-corrected chi connectivity index (χ0v) is 16.4. The third-order valence-corrected chi connectivity index (χ3v) is 5.51. The van der Waals surface area contributed by atoms with Crippen LogP contribution in [0.4, 0.5) is 5.95 Å². The monoisotopic (exact) mass is 368 g/mol. The van der Waals surface area contributed by atoms with E-state index in [0.29, 0.717) is 5.95 Å². The Labute approximate surface area is 160 Å². The van der Waals surface area contributed by atoms with Gasteiger partial charge in [0.05, 0.1) is 17.9 Å². The fourth-order valence-corrected chi connectivity index (χ4v) is 4.14. The maximum absolute atomic E-state index is 12.6. The second-order valence-electron chi connectivity index (χ2n) is 7.86. The first kappa shape index (κ1) is 18.2. The number of H-pyrrole nitrogens is 1. The summed E-state index contributed by atoms with van der Waals surface area (Å²) in [5.41, 5.74) is 4.41. The van der Waals surface area contributed by atoms with Crippen molar-refractivity contribution in [3.05, 3.63) is 57.0 Å². The molecule has 0 aliphatic carbocycles. The molecule has 0 unspecified atom stereocenters. The molecule has 2 aromatic rings. The van der Waals surface area contributed by atoms with Gasteiger partial charge in [0.1, 0.15) is 0 Å². The van der Waals surface area contributed by atoms with Crippen LogP contribution in [-0.2, 0) is 24.2 Å². The molecule has 0 radical (unpaired) electrons. The number of fused-ring (bicyclic) bond motifs is 1. The number of ether oxygens (including phenoxy) is 1. The summed E-state index contributed by atoms with van der Waals surface area (Å²) in [4.78, 5) is 25.0. The second-order valence-corrected chi connectivity index (χ2v) is 7.86. The summed E-state index contributed by atoms with van der Waals surface area (Å²) in [6, 6.07) is 8.48. The van der Waals surface area contributed by atoms with Crippen LogP contribution in [0.1, 0.15) is 36.2 Å². The molecule has 1 aromatic heterocycles. The van der Waals surface area contributed by atoms with Crippen molar-refractivity contribution in [2.45, 2.75) is 52.5 Å². The van der Waals surface area contributed by atoms with Crippen molar-refractivity contribution in [3.63, 3.8) is 0 Å². The average Bonchev–Trinajstić information content (AvgIpc) is 2.62. The van der Waals surface area contributed by atoms with E-state index in [1.54, 1.807) is 0 Å². The minimum Gasteiger partial charge on any atom is -0.372 e. The molecule has 2 aliphatic rings. The molecule has 27 heavy (non-hydrogen) atoms. The van der Waals surface area contributed by atoms with Crippen LogP contribution < -0.4 is 10.5 Å². The maximum Gasteiger partial charge on any atom is 0.255 e. The molecule has 1 N–H and O–H groups in total. The highest BCUT2D eigenvalue weighted by Gasteiger charge is 2.27. The van der Waals surface area contributed by atoms with Gasteiger partial charge in [-0.05, 0) is 38.3 Å². The Balaban J connectivity index is 1.56. The van der Waals surface area contributed by atoms with E-state index >= 15 is 0 Å². The van der Waals surface area contributed by atoms with Gasteiger partial charge in [-0.15, -0.1) is 0 Å². The molecule has 2 aliphatic heterocycles. The molecular formula is C21H28N4O2. The molecule has 0 saturated carbocycles. The zero-order chi connectivity index (χ0) is 19.0. The van der Waals surface area contributed by atoms with Crippen molar-refractivity contribution in [2.24, 2.45) is 0 Å². The molecule has 144 valence electrons. The lowest BCUT2D eigenvalue weighted by atomic mass is 10.0. The summed E-state index contributed by atoms with van der Waals surface area (Å²) >= 11 is 0. The van der Waals surface area contributed by atoms with Crippen molar-refractivity contribution in [2.75, 3.05) is 24.5 Å². The topological polar surface area (TPSA) is 61.5 Å². The van der Waals surface area contributed by atoms with E-state index in [2.05, 4.69) is 59.8 Å². The highest BCUT2D eigenvalue weighted by atomic mass is 16.5. The van der Waals surface area contributed by atoms with Crippen LogP contribution in [0.3, 0.4) is 0 Å². The van der Waals surface area contributed by atoms with Crippen LogP contribution in [-0.4, -0.2) is 46.7 Å². The van der Waals surface area contributed by atoms with E-state index in [4.69, 9.17) is 9.72 Å². The standard InChI is InChI=1S/C21H28N4O2/c1-14-6-4-5-7-17(14)12-24-9-8-18-19(13-24)22-21(23-20(18)26)25-10-15(2)27-16(3)11-25/h4-7,15-16H,8-13H2,1-3H3,(H,22,23,26)/t15-,16-/m0/s1. The first-order chi connectivity index (χ1) is 13.0. The molecule has 6 heteroatoms. The number of anilines is 1. The molecule has 1 fully saturated rings. The Kier molecular flexibility index (Phi) is 5.02. The van der Waals surface area contributed by atoms with Gasteiger partial charge in [-0.1, -0.05) is 24.3 Å². The molecule has 1 saturated heterocycles. The van der Waals surface area contributed by atoms with E-state index in [1.807, 2.05) is 0 Å². The Bertz CT molecular complexity index is 869. The van der Waals surface area contributed by atoms with Crippen LogP contribution in [0.2, 0.25) is 0 Å². The summed E-state index contributed by atoms with van der Waals surface area (Å²) in [6.07, 6.45) is 1.01. The number of hydrogen-bond donors (Lipinski definition) is 1. The third-order valence-electron chi connectivity index (χ3n) is 5.51. The van der Waals surface area contributed by atoms with Crippen molar-refractivity contribution < 1.29 is 4.74 Å². The van der Waals surface area contributed by atoms with Gasteiger partial charge in [-0.2, -0.15) is 0 Å². The number of benzene rings is 1. The van der Waals surface area contributed by atoms with E-state index in [1.165, 1.54) is 11.1 Å². The number of morpholine rings is 1. The third kappa shape index (κ3) is 3.92. The summed E-state index contributed by atoms with van der Waals surface area (Å²) in [6.45, 7) is 10.3. The van der Waals surface area contributed by atoms with Gasteiger partial charge in [0.25, 0.3) is 5.56 Å². The molecule has 4 rings (SSSR count). The van der Waals surface area contributed by atoms with Crippen LogP contribution in [0.5, 0.6) is 0 Å². The fourth-order valence-electron chi connectivity index (χ4n) is 4.14. The summed E-state index contributed by atoms with van der Waals surface area (Å²) < 4.78 is 5.81. The lowest BCUT2D eigenvalue weighted by Gasteiger charge is -2.36. The Hall–Kier alpha value is -2.18. The molecule has 0 spiro atoms. The van der Waals surface area contributed by atoms with E-state index in [9.17, 15) is 4.79 Å². The molecule has 1 aromatic carbocycles. The van der Waals surface area contributed by atoms with Gasteiger partial charge >= 0.3 is 0 Å². The van der Waals surface area contributed by atoms with E-state index in [-0.39, 0.29) is 17.8 Å². The van der Waals surface area contributed by atoms with Crippen molar-refractivity contribution in [1.29, 1.82) is 0 Å². The molecule has 6 nitrogen and oxygen atoms in total. The van der Waals surface area contributed by atoms with Crippen LogP contribution in [0.25, 0.3) is 0 Å². The first-order valence-corrected chi connectivity index (χ1v) is 9.79. The lowest BCUT2D eigenvalue weighted by Crippen LogP contribution is -2.47. The second kappa shape index (κ2) is 7.44. The van der Waals surface area contributed by atoms with E-state index in [0.717, 1.165) is 50.4 Å². The average molecular weight is 368 g/mol. The summed E-state index contributed by atoms with van der Waals surface area (Å²) in [5, 5.41) is 0. The number of aryl methyl sites for hydroxylation is 1. The fraction of sp³-hybridized carbons (Fsp3) is 0.524. The van der Waals surface area contributed by atoms with Crippen molar-refractivity contribution in [1.82, 2.24) is 14.9 Å². The Morgan fingerprint density at radius 2 is 1.96 bits per heavy atom. The normalized spacial score (nSPS) is 23.3. The summed E-state index contributed by atoms with van der Waals surface area (Å²) in [7, 11) is 0. The van der Waals surface area contributed by atoms with Gasteiger partial charge in [-0.3, -0.25) is 14.7 Å². The van der Waals surface area contributed by atoms with Gasteiger partial charge in [0.2, 0.25) is 5.95 Å². The molecule has 2 atom stereocenters. The number of hydrogen-bond acceptors (Lipinski definition) is 5. The molecule has 3 heterocycles. The van der Waals surface area contributed by atoms with Gasteiger partial charge in [-0.25, -0.2) is 4.98 Å². The maximum atomic E-state index is 12.6. The number of nitrogens with one attached hydrogen (secondary N) is 1. The van der Waals surface area contributed by atoms with Crippen LogP contribution >= 0.6 is 0 Å². The minimum atomic E-state index is 0.0114. The number of aromatic nitrogens is 2. The van der Waals surface area contributed by atoms with Crippen molar-refractivity contribution in [3.8, 4) is 0 Å². The summed E-state index contributed by atoms with van der Waals surface area (Å²) in [5.74, 6) is 0.679. The van der Waals surface area contributed by atoms with Gasteiger partial charge in [0, 0.05) is 38.3 Å². The quantitative estimate of drug-likeness (QED) is 0.900. The van der Waals surface area contributed by atoms with Crippen molar-refractivity contribution >= 4 is 5.95 Å². The number of rotatable bonds is 3. The SMILES string of the molecule is Cc1ccccc1CN1CCc2c(nc(N3C[C@H](C)O[C@@H](C)C3)[nH]c2=O)C1. The largest absolute Gasteiger partial charge is 0.372 e. The number of aromatic amines is 1. The Morgan fingerprint density at radius 1 is 1.22 bits per heavy atom. The highest BCUT2D eigenvalue weighted by Crippen LogP contribution is 2.21. The molecule has 0 bridgehead atoms. The van der Waals surface area contributed by atoms with Crippen LogP contribution in [0.15, 0.2) is 29.1 Å². The Morgan fingerprint density at radius 3 is 2.70 bits per heavy atom. The van der Waals surface area contributed by atoms with Crippen LogP contribution in [0, 0.1) is 6.92 Å².